The van der Waals surface area contributed by atoms with Gasteiger partial charge in [-0.1, -0.05) is 144 Å². The molecule has 0 unspecified atom stereocenters. The van der Waals surface area contributed by atoms with Crippen LogP contribution in [-0.4, -0.2) is 21.3 Å². The molecule has 0 fully saturated rings. The number of nitrogens with zero attached hydrogens (tertiary/aromatic N) is 4. The van der Waals surface area contributed by atoms with E-state index in [1.807, 2.05) is 35.3 Å². The van der Waals surface area contributed by atoms with E-state index in [1.165, 1.54) is 117 Å². The number of hydrogen-bond acceptors (Lipinski definition) is 10. The van der Waals surface area contributed by atoms with Crippen LogP contribution in [0.2, 0.25) is 0 Å². The predicted molar refractivity (Wildman–Crippen MR) is 382 cm³/mol. The Kier molecular flexibility index (Phi) is 12.7. The maximum Gasteiger partial charge on any atom is 0.119 e. The van der Waals surface area contributed by atoms with Crippen LogP contribution in [-0.2, 0) is 4.74 Å². The van der Waals surface area contributed by atoms with Crippen molar-refractivity contribution in [3.8, 4) is 11.5 Å². The molecule has 0 spiro atoms. The first-order chi connectivity index (χ1) is 44.9. The van der Waals surface area contributed by atoms with Crippen molar-refractivity contribution in [3.05, 3.63) is 272 Å². The van der Waals surface area contributed by atoms with Crippen molar-refractivity contribution in [2.24, 2.45) is 0 Å². The number of benzene rings is 14. The van der Waals surface area contributed by atoms with E-state index in [0.29, 0.717) is 0 Å². The van der Waals surface area contributed by atoms with Gasteiger partial charge in [0.2, 0.25) is 0 Å². The lowest BCUT2D eigenvalue weighted by Gasteiger charge is -2.44. The molecule has 0 atom stereocenters. The molecule has 436 valence electrons. The molecule has 0 radical (unpaired) electrons. The summed E-state index contributed by atoms with van der Waals surface area (Å²) in [4.78, 5) is 17.4. The molecule has 3 heterocycles. The Labute approximate surface area is 540 Å². The average Bonchev–Trinajstić information content (AvgIpc) is 0.693. The molecule has 0 saturated heterocycles. The molecule has 18 rings (SSSR count). The minimum absolute atomic E-state index is 0.818. The van der Waals surface area contributed by atoms with E-state index in [9.17, 15) is 0 Å². The summed E-state index contributed by atoms with van der Waals surface area (Å²) in [5.41, 5.74) is 13.6. The van der Waals surface area contributed by atoms with Crippen molar-refractivity contribution in [3.63, 3.8) is 0 Å². The third-order valence-electron chi connectivity index (χ3n) is 18.4. The largest absolute Gasteiger partial charge is 0.501 e. The van der Waals surface area contributed by atoms with Gasteiger partial charge in [0.05, 0.1) is 44.2 Å². The Bertz CT molecular complexity index is 5310. The number of hydrogen-bond donors (Lipinski definition) is 0. The lowest BCUT2D eigenvalue weighted by molar-refractivity contribution is 0.275. The second-order valence-electron chi connectivity index (χ2n) is 23.5. The number of allylic oxidation sites excluding steroid dienone is 4. The first-order valence-electron chi connectivity index (χ1n) is 30.6. The van der Waals surface area contributed by atoms with Crippen molar-refractivity contribution in [1.82, 2.24) is 0 Å². The molecule has 7 nitrogen and oxygen atoms in total. The van der Waals surface area contributed by atoms with Crippen LogP contribution in [0.15, 0.2) is 302 Å². The summed E-state index contributed by atoms with van der Waals surface area (Å²) in [6, 6.07) is 91.8. The smallest absolute Gasteiger partial charge is 0.119 e. The maximum absolute atomic E-state index is 5.77. The summed E-state index contributed by atoms with van der Waals surface area (Å²) in [5.74, 6) is 2.63. The number of methoxy groups -OCH3 is 3. The van der Waals surface area contributed by atoms with Crippen molar-refractivity contribution >= 4 is 162 Å². The highest BCUT2D eigenvalue weighted by Gasteiger charge is 2.42. The standard InChI is InChI=1S/C81H56N4O3S3/c1-86-67-31-22-58(23-32-67)82(61-19-16-49-10-4-7-13-52(49)40-61)64-28-37-70-55(43-64)46-73-76-79(70)90-74-47-56-44-66(84(60-26-35-69(88-3)36-27-60)63-21-18-51-12-6-9-15-54(51)42-63)30-39-72(56)81-77(74)85(76)78-75(91-81)48-57-45-65(29-38-71(57)80(78)89-73)83(59-24-33-68(87-2)34-25-59)62-20-17-50-11-5-8-14-53(50)41-62/h4-26,28-35,37-48H,27,36H2,1-3H3. The van der Waals surface area contributed by atoms with Gasteiger partial charge in [0.15, 0.2) is 0 Å². The zero-order valence-corrected chi connectivity index (χ0v) is 52.4. The SMILES string of the molecule is COC1=CC=C(N(c2ccc3ccccc3c2)c2ccc3c4c5c(cc3c2)Sc2c3c(cc6cc(N(c7ccc(OC)cc7)c7ccc8ccccc8c7)ccc26)Sc2c(c(cc6cc(N(c7ccc(OC)cc7)c7ccc8ccccc8c7)ccc26)S4)N53)CC1. The fourth-order valence-corrected chi connectivity index (χ4v) is 18.0. The maximum atomic E-state index is 5.77. The summed E-state index contributed by atoms with van der Waals surface area (Å²) in [6.07, 6.45) is 6.06. The highest BCUT2D eigenvalue weighted by Crippen LogP contribution is 2.70. The number of fused-ring (bicyclic) bond motifs is 9. The normalized spacial score (nSPS) is 13.5. The van der Waals surface area contributed by atoms with Gasteiger partial charge in [-0.05, 0) is 223 Å². The molecule has 0 amide bonds. The molecule has 4 aliphatic rings. The van der Waals surface area contributed by atoms with E-state index in [2.05, 4.69) is 280 Å². The molecule has 0 aromatic heterocycles. The van der Waals surface area contributed by atoms with Gasteiger partial charge >= 0.3 is 0 Å². The zero-order valence-electron chi connectivity index (χ0n) is 50.0. The lowest BCUT2D eigenvalue weighted by atomic mass is 10.0. The molecule has 0 N–H and O–H groups in total. The molecule has 0 bridgehead atoms. The van der Waals surface area contributed by atoms with Gasteiger partial charge < -0.3 is 33.8 Å². The van der Waals surface area contributed by atoms with Crippen LogP contribution < -0.4 is 29.1 Å². The Morgan fingerprint density at radius 2 is 0.626 bits per heavy atom. The molecule has 14 aromatic rings. The van der Waals surface area contributed by atoms with Gasteiger partial charge in [-0.2, -0.15) is 0 Å². The number of ether oxygens (including phenoxy) is 3. The Balaban J connectivity index is 0.846. The van der Waals surface area contributed by atoms with E-state index in [-0.39, 0.29) is 0 Å². The minimum Gasteiger partial charge on any atom is -0.501 e. The van der Waals surface area contributed by atoms with Crippen LogP contribution >= 0.6 is 35.3 Å². The molecule has 0 saturated carbocycles. The zero-order chi connectivity index (χ0) is 60.4. The quantitative estimate of drug-likeness (QED) is 0.118. The van der Waals surface area contributed by atoms with Crippen LogP contribution in [0, 0.1) is 0 Å². The van der Waals surface area contributed by atoms with Crippen LogP contribution in [0.5, 0.6) is 11.5 Å². The summed E-state index contributed by atoms with van der Waals surface area (Å²) < 4.78 is 17.1. The molecule has 10 heteroatoms. The second kappa shape index (κ2) is 21.5. The van der Waals surface area contributed by atoms with Gasteiger partial charge in [-0.25, -0.2) is 0 Å². The molecule has 14 aromatic carbocycles. The van der Waals surface area contributed by atoms with Crippen LogP contribution in [0.4, 0.5) is 62.6 Å². The molecule has 91 heavy (non-hydrogen) atoms. The van der Waals surface area contributed by atoms with Crippen molar-refractivity contribution in [2.75, 3.05) is 40.9 Å². The topological polar surface area (TPSA) is 40.6 Å². The van der Waals surface area contributed by atoms with Crippen LogP contribution in [0.1, 0.15) is 12.8 Å². The summed E-state index contributed by atoms with van der Waals surface area (Å²) in [6.45, 7) is 0. The number of anilines is 11. The van der Waals surface area contributed by atoms with Crippen molar-refractivity contribution in [2.45, 2.75) is 42.2 Å². The van der Waals surface area contributed by atoms with E-state index < -0.39 is 0 Å². The second-order valence-corrected chi connectivity index (χ2v) is 26.7. The van der Waals surface area contributed by atoms with Gasteiger partial charge in [0, 0.05) is 87.0 Å². The van der Waals surface area contributed by atoms with Gasteiger partial charge in [-0.15, -0.1) is 0 Å². The third-order valence-corrected chi connectivity index (χ3v) is 21.8. The molecular weight excluding hydrogens is 1170 g/mol. The van der Waals surface area contributed by atoms with Crippen molar-refractivity contribution < 1.29 is 14.2 Å². The summed E-state index contributed by atoms with van der Waals surface area (Å²) in [5, 5.41) is 14.4. The number of rotatable bonds is 12. The fourth-order valence-electron chi connectivity index (χ4n) is 14.0. The molecule has 3 aliphatic heterocycles. The van der Waals surface area contributed by atoms with Crippen LogP contribution in [0.3, 0.4) is 0 Å². The highest BCUT2D eigenvalue weighted by molar-refractivity contribution is 8.02. The van der Waals surface area contributed by atoms with E-state index in [1.54, 1.807) is 21.3 Å². The molecule has 1 aliphatic carbocycles. The first kappa shape index (κ1) is 53.8. The average molecular weight is 1230 g/mol. The van der Waals surface area contributed by atoms with Gasteiger partial charge in [0.1, 0.15) is 11.5 Å². The van der Waals surface area contributed by atoms with Gasteiger partial charge in [0.25, 0.3) is 0 Å². The van der Waals surface area contributed by atoms with Crippen LogP contribution in [0.25, 0.3) is 64.6 Å². The Morgan fingerprint density at radius 3 is 0.967 bits per heavy atom. The van der Waals surface area contributed by atoms with E-state index in [0.717, 1.165) is 75.6 Å². The third kappa shape index (κ3) is 8.90. The van der Waals surface area contributed by atoms with Gasteiger partial charge in [-0.3, -0.25) is 0 Å². The summed E-state index contributed by atoms with van der Waals surface area (Å²) >= 11 is 5.75. The predicted octanol–water partition coefficient (Wildman–Crippen LogP) is 23.8. The minimum atomic E-state index is 0.818. The highest BCUT2D eigenvalue weighted by atomic mass is 32.2. The Hall–Kier alpha value is -10.2. The monoisotopic (exact) mass is 1230 g/mol. The van der Waals surface area contributed by atoms with Crippen molar-refractivity contribution in [1.29, 1.82) is 0 Å². The molecular formula is C81H56N4O3S3. The first-order valence-corrected chi connectivity index (χ1v) is 33.1. The van der Waals surface area contributed by atoms with E-state index in [4.69, 9.17) is 14.2 Å². The fraction of sp³-hybridized carbons (Fsp3) is 0.0617. The Morgan fingerprint density at radius 1 is 0.297 bits per heavy atom. The summed E-state index contributed by atoms with van der Waals surface area (Å²) in [7, 11) is 5.22. The lowest BCUT2D eigenvalue weighted by Crippen LogP contribution is -2.23. The van der Waals surface area contributed by atoms with E-state index >= 15 is 0 Å².